The van der Waals surface area contributed by atoms with Crippen molar-refractivity contribution in [2.24, 2.45) is 0 Å². The molecule has 3 rings (SSSR count). The second-order valence-corrected chi connectivity index (χ2v) is 9.02. The SMILES string of the molecule is Cc1nsc(Cc2ccc(C#N)cn2)c1C(=O)Nc1cccc(S(C)(=O)=O)c1. The van der Waals surface area contributed by atoms with Gasteiger partial charge in [0.15, 0.2) is 9.84 Å². The number of carbonyl (C=O) groups is 1. The second kappa shape index (κ2) is 7.88. The molecule has 142 valence electrons. The molecule has 1 amide bonds. The van der Waals surface area contributed by atoms with Crippen LogP contribution in [0.15, 0.2) is 47.5 Å². The maximum absolute atomic E-state index is 12.8. The topological polar surface area (TPSA) is 113 Å². The van der Waals surface area contributed by atoms with Crippen LogP contribution in [0.1, 0.15) is 32.2 Å². The van der Waals surface area contributed by atoms with Crippen LogP contribution in [0.2, 0.25) is 0 Å². The molecule has 0 fully saturated rings. The van der Waals surface area contributed by atoms with E-state index in [4.69, 9.17) is 5.26 Å². The molecule has 0 bridgehead atoms. The summed E-state index contributed by atoms with van der Waals surface area (Å²) in [5.41, 5.74) is 2.61. The van der Waals surface area contributed by atoms with Gasteiger partial charge in [-0.15, -0.1) is 0 Å². The van der Waals surface area contributed by atoms with Crippen molar-refractivity contribution in [1.29, 1.82) is 5.26 Å². The molecular weight excluding hydrogens is 396 g/mol. The smallest absolute Gasteiger partial charge is 0.258 e. The molecule has 7 nitrogen and oxygen atoms in total. The van der Waals surface area contributed by atoms with Crippen molar-refractivity contribution in [3.63, 3.8) is 0 Å². The van der Waals surface area contributed by atoms with Crippen LogP contribution in [-0.4, -0.2) is 29.9 Å². The number of aromatic nitrogens is 2. The number of benzene rings is 1. The van der Waals surface area contributed by atoms with Gasteiger partial charge in [0, 0.05) is 35.1 Å². The van der Waals surface area contributed by atoms with E-state index in [0.717, 1.165) is 16.8 Å². The molecule has 0 aliphatic carbocycles. The molecule has 0 aliphatic rings. The van der Waals surface area contributed by atoms with Gasteiger partial charge in [-0.05, 0) is 48.8 Å². The Morgan fingerprint density at radius 1 is 1.29 bits per heavy atom. The minimum absolute atomic E-state index is 0.132. The van der Waals surface area contributed by atoms with Gasteiger partial charge in [-0.2, -0.15) is 9.64 Å². The van der Waals surface area contributed by atoms with Gasteiger partial charge in [-0.1, -0.05) is 6.07 Å². The molecule has 0 radical (unpaired) electrons. The Labute approximate surface area is 166 Å². The zero-order chi connectivity index (χ0) is 20.3. The highest BCUT2D eigenvalue weighted by molar-refractivity contribution is 7.90. The quantitative estimate of drug-likeness (QED) is 0.689. The summed E-state index contributed by atoms with van der Waals surface area (Å²) in [6.07, 6.45) is 3.01. The molecule has 0 atom stereocenters. The van der Waals surface area contributed by atoms with E-state index < -0.39 is 9.84 Å². The Balaban J connectivity index is 1.85. The summed E-state index contributed by atoms with van der Waals surface area (Å²) in [6.45, 7) is 1.74. The minimum Gasteiger partial charge on any atom is -0.322 e. The van der Waals surface area contributed by atoms with Crippen LogP contribution < -0.4 is 5.32 Å². The molecule has 0 spiro atoms. The number of pyridine rings is 1. The zero-order valence-corrected chi connectivity index (χ0v) is 16.8. The maximum Gasteiger partial charge on any atom is 0.258 e. The van der Waals surface area contributed by atoms with Crippen molar-refractivity contribution in [3.05, 3.63) is 70.0 Å². The van der Waals surface area contributed by atoms with Crippen LogP contribution in [0.5, 0.6) is 0 Å². The number of aryl methyl sites for hydroxylation is 1. The number of rotatable bonds is 5. The number of nitrogens with one attached hydrogen (secondary N) is 1. The Kier molecular flexibility index (Phi) is 5.53. The molecule has 9 heteroatoms. The predicted molar refractivity (Wildman–Crippen MR) is 106 cm³/mol. The number of carbonyl (C=O) groups excluding carboxylic acids is 1. The van der Waals surface area contributed by atoms with E-state index in [9.17, 15) is 13.2 Å². The van der Waals surface area contributed by atoms with E-state index in [1.54, 1.807) is 31.2 Å². The molecule has 28 heavy (non-hydrogen) atoms. The average molecular weight is 412 g/mol. The molecular formula is C19H16N4O3S2. The predicted octanol–water partition coefficient (Wildman–Crippen LogP) is 2.96. The van der Waals surface area contributed by atoms with Gasteiger partial charge in [-0.25, -0.2) is 8.42 Å². The molecule has 3 aromatic rings. The third-order valence-electron chi connectivity index (χ3n) is 3.98. The Hall–Kier alpha value is -3.09. The maximum atomic E-state index is 12.8. The standard InChI is InChI=1S/C19H16N4O3S2/c1-12-18(17(27-23-12)9-14-7-6-13(10-20)11-21-14)19(24)22-15-4-3-5-16(8-15)28(2,25)26/h3-8,11H,9H2,1-2H3,(H,22,24). The zero-order valence-electron chi connectivity index (χ0n) is 15.1. The van der Waals surface area contributed by atoms with Crippen molar-refractivity contribution in [2.75, 3.05) is 11.6 Å². The van der Waals surface area contributed by atoms with Crippen molar-refractivity contribution in [3.8, 4) is 6.07 Å². The van der Waals surface area contributed by atoms with Crippen LogP contribution in [-0.2, 0) is 16.3 Å². The number of amides is 1. The lowest BCUT2D eigenvalue weighted by molar-refractivity contribution is 0.102. The first-order valence-electron chi connectivity index (χ1n) is 8.19. The highest BCUT2D eigenvalue weighted by Gasteiger charge is 2.19. The minimum atomic E-state index is -3.37. The Morgan fingerprint density at radius 3 is 2.71 bits per heavy atom. The van der Waals surface area contributed by atoms with E-state index in [0.29, 0.717) is 28.9 Å². The van der Waals surface area contributed by atoms with Gasteiger partial charge in [0.05, 0.1) is 21.7 Å². The van der Waals surface area contributed by atoms with Crippen molar-refractivity contribution >= 4 is 33.0 Å². The first kappa shape index (κ1) is 19.7. The molecule has 0 saturated carbocycles. The average Bonchev–Trinajstić information content (AvgIpc) is 3.02. The third-order valence-corrected chi connectivity index (χ3v) is 6.02. The molecule has 2 heterocycles. The molecule has 0 saturated heterocycles. The summed E-state index contributed by atoms with van der Waals surface area (Å²) < 4.78 is 27.7. The van der Waals surface area contributed by atoms with Crippen molar-refractivity contribution < 1.29 is 13.2 Å². The van der Waals surface area contributed by atoms with E-state index in [2.05, 4.69) is 14.7 Å². The second-order valence-electron chi connectivity index (χ2n) is 6.15. The van der Waals surface area contributed by atoms with E-state index in [-0.39, 0.29) is 10.8 Å². The monoisotopic (exact) mass is 412 g/mol. The molecule has 2 aromatic heterocycles. The van der Waals surface area contributed by atoms with E-state index >= 15 is 0 Å². The van der Waals surface area contributed by atoms with Crippen LogP contribution in [0.25, 0.3) is 0 Å². The third kappa shape index (κ3) is 4.42. The van der Waals surface area contributed by atoms with E-state index in [1.807, 2.05) is 6.07 Å². The van der Waals surface area contributed by atoms with Gasteiger partial charge in [-0.3, -0.25) is 9.78 Å². The fraction of sp³-hybridized carbons (Fsp3) is 0.158. The Morgan fingerprint density at radius 2 is 2.07 bits per heavy atom. The number of nitrogens with zero attached hydrogens (tertiary/aromatic N) is 3. The Bertz CT molecular complexity index is 1180. The van der Waals surface area contributed by atoms with Gasteiger partial charge in [0.1, 0.15) is 6.07 Å². The van der Waals surface area contributed by atoms with Crippen LogP contribution in [0.4, 0.5) is 5.69 Å². The van der Waals surface area contributed by atoms with Gasteiger partial charge < -0.3 is 5.32 Å². The number of sulfone groups is 1. The lowest BCUT2D eigenvalue weighted by atomic mass is 10.1. The summed E-state index contributed by atoms with van der Waals surface area (Å²) in [4.78, 5) is 17.9. The normalized spacial score (nSPS) is 11.0. The molecule has 0 unspecified atom stereocenters. The number of anilines is 1. The van der Waals surface area contributed by atoms with Gasteiger partial charge in [0.25, 0.3) is 5.91 Å². The van der Waals surface area contributed by atoms with Gasteiger partial charge in [0.2, 0.25) is 0 Å². The van der Waals surface area contributed by atoms with E-state index in [1.165, 1.54) is 29.9 Å². The highest BCUT2D eigenvalue weighted by atomic mass is 32.2. The summed E-state index contributed by atoms with van der Waals surface area (Å²) in [6, 6.07) is 11.5. The summed E-state index contributed by atoms with van der Waals surface area (Å²) in [7, 11) is -3.37. The molecule has 0 aliphatic heterocycles. The largest absolute Gasteiger partial charge is 0.322 e. The number of hydrogen-bond acceptors (Lipinski definition) is 7. The molecule has 1 aromatic carbocycles. The fourth-order valence-corrected chi connectivity index (χ4v) is 4.14. The molecule has 1 N–H and O–H groups in total. The highest BCUT2D eigenvalue weighted by Crippen LogP contribution is 2.23. The first-order valence-corrected chi connectivity index (χ1v) is 10.9. The van der Waals surface area contributed by atoms with Crippen LogP contribution in [0, 0.1) is 18.3 Å². The van der Waals surface area contributed by atoms with Crippen LogP contribution >= 0.6 is 11.5 Å². The number of hydrogen-bond donors (Lipinski definition) is 1. The van der Waals surface area contributed by atoms with Crippen LogP contribution in [0.3, 0.4) is 0 Å². The number of nitriles is 1. The first-order chi connectivity index (χ1) is 13.3. The van der Waals surface area contributed by atoms with Crippen molar-refractivity contribution in [2.45, 2.75) is 18.2 Å². The van der Waals surface area contributed by atoms with Gasteiger partial charge >= 0.3 is 0 Å². The van der Waals surface area contributed by atoms with Crippen molar-refractivity contribution in [1.82, 2.24) is 9.36 Å². The summed E-state index contributed by atoms with van der Waals surface area (Å²) >= 11 is 1.22. The lowest BCUT2D eigenvalue weighted by Crippen LogP contribution is -2.15. The summed E-state index contributed by atoms with van der Waals surface area (Å²) in [5.74, 6) is -0.361. The summed E-state index contributed by atoms with van der Waals surface area (Å²) in [5, 5.41) is 11.6. The fourth-order valence-electron chi connectivity index (χ4n) is 2.59. The lowest BCUT2D eigenvalue weighted by Gasteiger charge is -2.08.